The van der Waals surface area contributed by atoms with Gasteiger partial charge < -0.3 is 19.2 Å². The van der Waals surface area contributed by atoms with Gasteiger partial charge in [-0.1, -0.05) is 38.1 Å². The largest absolute Gasteiger partial charge is 0.497 e. The molecule has 2 heterocycles. The predicted molar refractivity (Wildman–Crippen MR) is 112 cm³/mol. The molecule has 3 unspecified atom stereocenters. The number of hydrogen-bond donors (Lipinski definition) is 1. The first-order valence-electron chi connectivity index (χ1n) is 10.0. The number of benzene rings is 2. The van der Waals surface area contributed by atoms with E-state index in [-0.39, 0.29) is 12.2 Å². The number of nitrogens with one attached hydrogen (secondary N) is 1. The summed E-state index contributed by atoms with van der Waals surface area (Å²) in [5.74, 6) is 2.68. The van der Waals surface area contributed by atoms with Crippen LogP contribution < -0.4 is 9.47 Å². The van der Waals surface area contributed by atoms with Gasteiger partial charge in [0.05, 0.1) is 26.4 Å². The first kappa shape index (κ1) is 18.9. The van der Waals surface area contributed by atoms with E-state index in [4.69, 9.17) is 14.2 Å². The van der Waals surface area contributed by atoms with Gasteiger partial charge in [0.1, 0.15) is 11.5 Å². The first-order chi connectivity index (χ1) is 13.6. The molecular weight excluding hydrogens is 350 g/mol. The molecule has 1 aliphatic heterocycles. The van der Waals surface area contributed by atoms with Crippen LogP contribution in [0.15, 0.2) is 48.7 Å². The number of aromatic amines is 1. The van der Waals surface area contributed by atoms with Gasteiger partial charge in [0.2, 0.25) is 0 Å². The molecule has 3 atom stereocenters. The van der Waals surface area contributed by atoms with Gasteiger partial charge in [-0.2, -0.15) is 0 Å². The van der Waals surface area contributed by atoms with Crippen molar-refractivity contribution in [2.45, 2.75) is 44.8 Å². The van der Waals surface area contributed by atoms with E-state index >= 15 is 0 Å². The fourth-order valence-electron chi connectivity index (χ4n) is 4.26. The molecule has 0 aliphatic carbocycles. The number of ether oxygens (including phenoxy) is 3. The van der Waals surface area contributed by atoms with Crippen LogP contribution in [0.25, 0.3) is 10.9 Å². The van der Waals surface area contributed by atoms with Gasteiger partial charge in [-0.25, -0.2) is 0 Å². The van der Waals surface area contributed by atoms with Crippen LogP contribution in [0, 0.1) is 5.92 Å². The standard InChI is InChI=1S/C24H29NO3/c1-15(2)11-19(20-14-25-21-8-6-5-7-18(20)21)24-23(28-24)12-16-9-10-17(26-3)13-22(16)27-4/h5-10,13-15,19,23-25H,11-12H2,1-4H3. The Hall–Kier alpha value is -2.46. The molecule has 2 aromatic carbocycles. The predicted octanol–water partition coefficient (Wildman–Crippen LogP) is 5.32. The summed E-state index contributed by atoms with van der Waals surface area (Å²) in [6.07, 6.45) is 4.61. The molecule has 0 amide bonds. The van der Waals surface area contributed by atoms with Crippen LogP contribution in [-0.4, -0.2) is 31.4 Å². The maximum absolute atomic E-state index is 6.21. The van der Waals surface area contributed by atoms with E-state index in [9.17, 15) is 0 Å². The Kier molecular flexibility index (Phi) is 5.31. The molecule has 1 fully saturated rings. The molecule has 28 heavy (non-hydrogen) atoms. The molecule has 4 nitrogen and oxygen atoms in total. The highest BCUT2D eigenvalue weighted by molar-refractivity contribution is 5.83. The molecule has 3 aromatic rings. The minimum Gasteiger partial charge on any atom is -0.497 e. The Morgan fingerprint density at radius 1 is 1.07 bits per heavy atom. The average Bonchev–Trinajstić information content (AvgIpc) is 3.33. The summed E-state index contributed by atoms with van der Waals surface area (Å²) in [4.78, 5) is 3.43. The van der Waals surface area contributed by atoms with E-state index in [1.807, 2.05) is 12.1 Å². The lowest BCUT2D eigenvalue weighted by molar-refractivity contribution is 0.328. The van der Waals surface area contributed by atoms with Crippen LogP contribution in [-0.2, 0) is 11.2 Å². The van der Waals surface area contributed by atoms with Crippen molar-refractivity contribution in [1.82, 2.24) is 4.98 Å². The van der Waals surface area contributed by atoms with Gasteiger partial charge in [0, 0.05) is 35.5 Å². The number of fused-ring (bicyclic) bond motifs is 1. The van der Waals surface area contributed by atoms with E-state index in [0.717, 1.165) is 29.9 Å². The third kappa shape index (κ3) is 3.74. The minimum atomic E-state index is 0.222. The lowest BCUT2D eigenvalue weighted by Crippen LogP contribution is -2.13. The Bertz CT molecular complexity index is 946. The number of epoxide rings is 1. The van der Waals surface area contributed by atoms with Gasteiger partial charge >= 0.3 is 0 Å². The highest BCUT2D eigenvalue weighted by Gasteiger charge is 2.46. The number of H-pyrrole nitrogens is 1. The summed E-state index contributed by atoms with van der Waals surface area (Å²) < 4.78 is 17.1. The first-order valence-corrected chi connectivity index (χ1v) is 10.0. The van der Waals surface area contributed by atoms with Crippen LogP contribution in [0.2, 0.25) is 0 Å². The molecule has 1 aliphatic rings. The molecule has 1 aromatic heterocycles. The average molecular weight is 380 g/mol. The zero-order valence-corrected chi connectivity index (χ0v) is 17.1. The molecule has 0 bridgehead atoms. The lowest BCUT2D eigenvalue weighted by atomic mass is 9.85. The highest BCUT2D eigenvalue weighted by Crippen LogP contribution is 2.44. The Labute approximate surface area is 166 Å². The van der Waals surface area contributed by atoms with Crippen molar-refractivity contribution in [1.29, 1.82) is 0 Å². The fraction of sp³-hybridized carbons (Fsp3) is 0.417. The number of aromatic nitrogens is 1. The molecule has 0 radical (unpaired) electrons. The number of rotatable bonds is 8. The smallest absolute Gasteiger partial charge is 0.125 e. The quantitative estimate of drug-likeness (QED) is 0.539. The molecule has 1 saturated heterocycles. The van der Waals surface area contributed by atoms with Gasteiger partial charge in [0.15, 0.2) is 0 Å². The SMILES string of the molecule is COc1ccc(CC2OC2C(CC(C)C)c2c[nH]c3ccccc23)c(OC)c1. The normalized spacial score (nSPS) is 19.8. The number of methoxy groups -OCH3 is 2. The van der Waals surface area contributed by atoms with E-state index in [2.05, 4.69) is 55.4 Å². The van der Waals surface area contributed by atoms with Crippen molar-refractivity contribution in [3.05, 3.63) is 59.8 Å². The van der Waals surface area contributed by atoms with Gasteiger partial charge in [-0.15, -0.1) is 0 Å². The van der Waals surface area contributed by atoms with Crippen molar-refractivity contribution in [3.63, 3.8) is 0 Å². The summed E-state index contributed by atoms with van der Waals surface area (Å²) in [5.41, 5.74) is 3.73. The molecule has 4 rings (SSSR count). The summed E-state index contributed by atoms with van der Waals surface area (Å²) in [6, 6.07) is 14.5. The van der Waals surface area contributed by atoms with E-state index < -0.39 is 0 Å². The van der Waals surface area contributed by atoms with Crippen LogP contribution in [0.5, 0.6) is 11.5 Å². The van der Waals surface area contributed by atoms with E-state index in [0.29, 0.717) is 11.8 Å². The maximum Gasteiger partial charge on any atom is 0.125 e. The third-order valence-corrected chi connectivity index (χ3v) is 5.68. The van der Waals surface area contributed by atoms with Gasteiger partial charge in [0.25, 0.3) is 0 Å². The van der Waals surface area contributed by atoms with E-state index in [1.165, 1.54) is 16.5 Å². The minimum absolute atomic E-state index is 0.222. The highest BCUT2D eigenvalue weighted by atomic mass is 16.6. The molecule has 0 spiro atoms. The second-order valence-corrected chi connectivity index (χ2v) is 8.05. The lowest BCUT2D eigenvalue weighted by Gasteiger charge is -2.17. The van der Waals surface area contributed by atoms with Crippen molar-refractivity contribution in [2.24, 2.45) is 5.92 Å². The Morgan fingerprint density at radius 3 is 2.64 bits per heavy atom. The maximum atomic E-state index is 6.21. The fourth-order valence-corrected chi connectivity index (χ4v) is 4.26. The molecule has 1 N–H and O–H groups in total. The van der Waals surface area contributed by atoms with Crippen molar-refractivity contribution in [3.8, 4) is 11.5 Å². The van der Waals surface area contributed by atoms with Crippen molar-refractivity contribution < 1.29 is 14.2 Å². The zero-order valence-electron chi connectivity index (χ0n) is 17.1. The molecule has 0 saturated carbocycles. The topological polar surface area (TPSA) is 46.8 Å². The van der Waals surface area contributed by atoms with E-state index in [1.54, 1.807) is 14.2 Å². The second kappa shape index (κ2) is 7.88. The summed E-state index contributed by atoms with van der Waals surface area (Å²) in [5, 5.41) is 1.31. The molecule has 4 heteroatoms. The zero-order chi connectivity index (χ0) is 19.7. The second-order valence-electron chi connectivity index (χ2n) is 8.05. The van der Waals surface area contributed by atoms with Crippen LogP contribution >= 0.6 is 0 Å². The Morgan fingerprint density at radius 2 is 1.89 bits per heavy atom. The van der Waals surface area contributed by atoms with Crippen LogP contribution in [0.1, 0.15) is 37.3 Å². The monoisotopic (exact) mass is 379 g/mol. The van der Waals surface area contributed by atoms with Crippen LogP contribution in [0.3, 0.4) is 0 Å². The molecular formula is C24H29NO3. The van der Waals surface area contributed by atoms with Crippen LogP contribution in [0.4, 0.5) is 0 Å². The van der Waals surface area contributed by atoms with Crippen molar-refractivity contribution in [2.75, 3.05) is 14.2 Å². The number of para-hydroxylation sites is 1. The van der Waals surface area contributed by atoms with Gasteiger partial charge in [-0.05, 0) is 35.6 Å². The summed E-state index contributed by atoms with van der Waals surface area (Å²) >= 11 is 0. The van der Waals surface area contributed by atoms with Gasteiger partial charge in [-0.3, -0.25) is 0 Å². The van der Waals surface area contributed by atoms with Crippen molar-refractivity contribution >= 4 is 10.9 Å². The summed E-state index contributed by atoms with van der Waals surface area (Å²) in [7, 11) is 3.38. The summed E-state index contributed by atoms with van der Waals surface area (Å²) in [6.45, 7) is 4.57. The third-order valence-electron chi connectivity index (χ3n) is 5.68. The number of hydrogen-bond acceptors (Lipinski definition) is 3. The Balaban J connectivity index is 1.55. The molecule has 148 valence electrons.